The summed E-state index contributed by atoms with van der Waals surface area (Å²) in [6, 6.07) is 14.1. The molecule has 2 heterocycles. The van der Waals surface area contributed by atoms with Gasteiger partial charge >= 0.3 is 0 Å². The van der Waals surface area contributed by atoms with E-state index >= 15 is 0 Å². The van der Waals surface area contributed by atoms with E-state index in [2.05, 4.69) is 16.7 Å². The predicted molar refractivity (Wildman–Crippen MR) is 83.8 cm³/mol. The maximum absolute atomic E-state index is 5.72. The molecule has 2 N–H and O–H groups in total. The van der Waals surface area contributed by atoms with Gasteiger partial charge in [0.2, 0.25) is 0 Å². The van der Waals surface area contributed by atoms with Crippen molar-refractivity contribution in [2.75, 3.05) is 0 Å². The van der Waals surface area contributed by atoms with Gasteiger partial charge in [-0.1, -0.05) is 24.3 Å². The number of rotatable bonds is 2. The number of para-hydroxylation sites is 1. The molecule has 0 saturated carbocycles. The van der Waals surface area contributed by atoms with Gasteiger partial charge in [-0.25, -0.2) is 4.98 Å². The van der Waals surface area contributed by atoms with Crippen LogP contribution in [-0.2, 0) is 13.6 Å². The van der Waals surface area contributed by atoms with Gasteiger partial charge in [0, 0.05) is 19.0 Å². The molecule has 0 saturated heterocycles. The second-order valence-corrected chi connectivity index (χ2v) is 5.17. The molecule has 104 valence electrons. The summed E-state index contributed by atoms with van der Waals surface area (Å²) in [4.78, 5) is 4.74. The lowest BCUT2D eigenvalue weighted by Crippen LogP contribution is -1.96. The van der Waals surface area contributed by atoms with E-state index in [-0.39, 0.29) is 0 Å². The van der Waals surface area contributed by atoms with Gasteiger partial charge in [0.05, 0.1) is 16.6 Å². The molecule has 0 radical (unpaired) electrons. The average molecular weight is 277 g/mol. The Morgan fingerprint density at radius 1 is 1.19 bits per heavy atom. The lowest BCUT2D eigenvalue weighted by Gasteiger charge is -2.01. The molecular weight excluding hydrogens is 262 g/mol. The quantitative estimate of drug-likeness (QED) is 0.610. The molecule has 2 aromatic heterocycles. The van der Waals surface area contributed by atoms with Crippen molar-refractivity contribution in [1.82, 2.24) is 9.55 Å². The van der Waals surface area contributed by atoms with Gasteiger partial charge < -0.3 is 14.7 Å². The number of nitrogens with zero attached hydrogens (tertiary/aromatic N) is 2. The van der Waals surface area contributed by atoms with Crippen molar-refractivity contribution >= 4 is 22.0 Å². The van der Waals surface area contributed by atoms with Crippen molar-refractivity contribution in [3.05, 3.63) is 54.3 Å². The van der Waals surface area contributed by atoms with Crippen molar-refractivity contribution in [3.8, 4) is 11.4 Å². The van der Waals surface area contributed by atoms with E-state index in [0.29, 0.717) is 6.54 Å². The molecule has 0 aliphatic heterocycles. The number of imidazole rings is 1. The summed E-state index contributed by atoms with van der Waals surface area (Å²) in [5, 5.41) is 1.08. The fourth-order valence-corrected chi connectivity index (χ4v) is 2.75. The first kappa shape index (κ1) is 12.2. The number of fused-ring (bicyclic) bond motifs is 2. The van der Waals surface area contributed by atoms with Gasteiger partial charge in [0.1, 0.15) is 17.7 Å². The number of nitrogens with two attached hydrogens (primary N) is 1. The zero-order chi connectivity index (χ0) is 14.4. The normalized spacial score (nSPS) is 11.5. The Morgan fingerprint density at radius 2 is 2.05 bits per heavy atom. The minimum Gasteiger partial charge on any atom is -0.464 e. The lowest BCUT2D eigenvalue weighted by atomic mass is 10.1. The molecule has 0 aliphatic carbocycles. The number of hydrogen-bond acceptors (Lipinski definition) is 3. The summed E-state index contributed by atoms with van der Waals surface area (Å²) < 4.78 is 7.72. The van der Waals surface area contributed by atoms with Gasteiger partial charge in [-0.2, -0.15) is 0 Å². The molecule has 0 amide bonds. The van der Waals surface area contributed by atoms with E-state index in [1.807, 2.05) is 37.4 Å². The molecule has 4 nitrogen and oxygen atoms in total. The Labute approximate surface area is 121 Å². The van der Waals surface area contributed by atoms with Crippen molar-refractivity contribution in [2.45, 2.75) is 6.54 Å². The van der Waals surface area contributed by atoms with E-state index in [9.17, 15) is 0 Å². The summed E-state index contributed by atoms with van der Waals surface area (Å²) in [5.74, 6) is 0.907. The number of furan rings is 1. The Bertz CT molecular complexity index is 949. The van der Waals surface area contributed by atoms with Crippen LogP contribution in [0.3, 0.4) is 0 Å². The van der Waals surface area contributed by atoms with Gasteiger partial charge in [0.15, 0.2) is 0 Å². The maximum atomic E-state index is 5.72. The van der Waals surface area contributed by atoms with Gasteiger partial charge in [0.25, 0.3) is 0 Å². The molecule has 0 unspecified atom stereocenters. The summed E-state index contributed by atoms with van der Waals surface area (Å²) >= 11 is 0. The summed E-state index contributed by atoms with van der Waals surface area (Å²) in [5.41, 5.74) is 10.8. The standard InChI is InChI=1S/C17H15N3O/c1-20-15-8-11(9-18)6-7-14(15)19-17(20)13-10-21-16-5-3-2-4-12(13)16/h2-8,10H,9,18H2,1H3. The highest BCUT2D eigenvalue weighted by atomic mass is 16.3. The molecule has 0 aliphatic rings. The van der Waals surface area contributed by atoms with Crippen LogP contribution in [0, 0.1) is 0 Å². The third kappa shape index (κ3) is 1.76. The van der Waals surface area contributed by atoms with E-state index in [1.165, 1.54) is 0 Å². The lowest BCUT2D eigenvalue weighted by molar-refractivity contribution is 0.616. The molecule has 0 spiro atoms. The largest absolute Gasteiger partial charge is 0.464 e. The van der Waals surface area contributed by atoms with Crippen molar-refractivity contribution in [2.24, 2.45) is 12.8 Å². The van der Waals surface area contributed by atoms with E-state index < -0.39 is 0 Å². The molecule has 0 bridgehead atoms. The highest BCUT2D eigenvalue weighted by Crippen LogP contribution is 2.31. The molecule has 4 aromatic rings. The van der Waals surface area contributed by atoms with Crippen LogP contribution in [0.1, 0.15) is 5.56 Å². The minimum absolute atomic E-state index is 0.533. The molecule has 2 aromatic carbocycles. The zero-order valence-corrected chi connectivity index (χ0v) is 11.7. The van der Waals surface area contributed by atoms with Crippen LogP contribution in [0.25, 0.3) is 33.4 Å². The SMILES string of the molecule is Cn1c(-c2coc3ccccc23)nc2ccc(CN)cc21. The zero-order valence-electron chi connectivity index (χ0n) is 11.7. The van der Waals surface area contributed by atoms with Crippen LogP contribution in [-0.4, -0.2) is 9.55 Å². The first-order chi connectivity index (χ1) is 10.3. The van der Waals surface area contributed by atoms with Crippen LogP contribution in [0.15, 0.2) is 53.1 Å². The third-order valence-corrected chi connectivity index (χ3v) is 3.90. The number of aromatic nitrogens is 2. The number of benzene rings is 2. The van der Waals surface area contributed by atoms with Crippen molar-refractivity contribution < 1.29 is 4.42 Å². The summed E-state index contributed by atoms with van der Waals surface area (Å²) in [6.45, 7) is 0.533. The predicted octanol–water partition coefficient (Wildman–Crippen LogP) is 3.45. The molecule has 4 rings (SSSR count). The fraction of sp³-hybridized carbons (Fsp3) is 0.118. The van der Waals surface area contributed by atoms with Crippen LogP contribution < -0.4 is 5.73 Å². The van der Waals surface area contributed by atoms with Crippen LogP contribution >= 0.6 is 0 Å². The third-order valence-electron chi connectivity index (χ3n) is 3.90. The molecule has 4 heteroatoms. The topological polar surface area (TPSA) is 57.0 Å². The summed E-state index contributed by atoms with van der Waals surface area (Å²) in [6.07, 6.45) is 1.77. The van der Waals surface area contributed by atoms with E-state index in [1.54, 1.807) is 6.26 Å². The first-order valence-corrected chi connectivity index (χ1v) is 6.90. The molecule has 21 heavy (non-hydrogen) atoms. The number of aryl methyl sites for hydroxylation is 1. The highest BCUT2D eigenvalue weighted by molar-refractivity contribution is 5.94. The Hall–Kier alpha value is -2.59. The highest BCUT2D eigenvalue weighted by Gasteiger charge is 2.15. The average Bonchev–Trinajstić information content (AvgIpc) is 3.08. The summed E-state index contributed by atoms with van der Waals surface area (Å²) in [7, 11) is 2.02. The molecular formula is C17H15N3O. The first-order valence-electron chi connectivity index (χ1n) is 6.90. The van der Waals surface area contributed by atoms with E-state index in [4.69, 9.17) is 15.1 Å². The van der Waals surface area contributed by atoms with Crippen LogP contribution in [0.4, 0.5) is 0 Å². The van der Waals surface area contributed by atoms with Gasteiger partial charge in [-0.15, -0.1) is 0 Å². The molecule has 0 fully saturated rings. The second-order valence-electron chi connectivity index (χ2n) is 5.17. The Balaban J connectivity index is 2.00. The van der Waals surface area contributed by atoms with Crippen LogP contribution in [0.2, 0.25) is 0 Å². The van der Waals surface area contributed by atoms with Gasteiger partial charge in [-0.05, 0) is 23.8 Å². The minimum atomic E-state index is 0.533. The smallest absolute Gasteiger partial charge is 0.144 e. The van der Waals surface area contributed by atoms with Crippen LogP contribution in [0.5, 0.6) is 0 Å². The maximum Gasteiger partial charge on any atom is 0.144 e. The second kappa shape index (κ2) is 4.46. The van der Waals surface area contributed by atoms with Crippen molar-refractivity contribution in [1.29, 1.82) is 0 Å². The van der Waals surface area contributed by atoms with Gasteiger partial charge in [-0.3, -0.25) is 0 Å². The van der Waals surface area contributed by atoms with E-state index in [0.717, 1.165) is 39.0 Å². The number of hydrogen-bond donors (Lipinski definition) is 1. The monoisotopic (exact) mass is 277 g/mol. The molecule has 0 atom stereocenters. The Morgan fingerprint density at radius 3 is 2.90 bits per heavy atom. The fourth-order valence-electron chi connectivity index (χ4n) is 2.75. The van der Waals surface area contributed by atoms with Crippen molar-refractivity contribution in [3.63, 3.8) is 0 Å². The Kier molecular flexibility index (Phi) is 2.59.